The number of ketones is 1. The zero-order valence-corrected chi connectivity index (χ0v) is 15.2. The highest BCUT2D eigenvalue weighted by molar-refractivity contribution is 7.98. The first-order valence-corrected chi connectivity index (χ1v) is 9.55. The van der Waals surface area contributed by atoms with Gasteiger partial charge in [0.1, 0.15) is 0 Å². The molecule has 0 saturated heterocycles. The quantitative estimate of drug-likeness (QED) is 0.383. The van der Waals surface area contributed by atoms with E-state index >= 15 is 0 Å². The van der Waals surface area contributed by atoms with Crippen molar-refractivity contribution >= 4 is 40.5 Å². The molecule has 0 bridgehead atoms. The van der Waals surface area contributed by atoms with E-state index in [1.165, 1.54) is 16.2 Å². The van der Waals surface area contributed by atoms with Crippen LogP contribution in [0.1, 0.15) is 16.6 Å². The Hall–Kier alpha value is -1.55. The summed E-state index contributed by atoms with van der Waals surface area (Å²) in [5, 5.41) is 0.711. The average molecular weight is 359 g/mol. The second kappa shape index (κ2) is 6.91. The van der Waals surface area contributed by atoms with Crippen LogP contribution < -0.4 is 0 Å². The molecular weight excluding hydrogens is 344 g/mol. The van der Waals surface area contributed by atoms with Crippen LogP contribution in [-0.4, -0.2) is 12.0 Å². The van der Waals surface area contributed by atoms with E-state index in [0.29, 0.717) is 5.02 Å². The normalized spacial score (nSPS) is 10.7. The van der Waals surface area contributed by atoms with Gasteiger partial charge in [0.15, 0.2) is 5.78 Å². The van der Waals surface area contributed by atoms with Crippen LogP contribution in [0, 0.1) is 0 Å². The Bertz CT molecular complexity index is 833. The Kier molecular flexibility index (Phi) is 4.90. The van der Waals surface area contributed by atoms with E-state index in [1.54, 1.807) is 18.7 Å². The van der Waals surface area contributed by atoms with Crippen LogP contribution >= 0.6 is 34.7 Å². The van der Waals surface area contributed by atoms with Gasteiger partial charge >= 0.3 is 0 Å². The van der Waals surface area contributed by atoms with E-state index in [1.807, 2.05) is 30.3 Å². The van der Waals surface area contributed by atoms with E-state index in [4.69, 9.17) is 11.6 Å². The fraction of sp³-hybridized carbons (Fsp3) is 0.105. The molecule has 0 atom stereocenters. The van der Waals surface area contributed by atoms with E-state index in [0.717, 1.165) is 26.4 Å². The van der Waals surface area contributed by atoms with Crippen molar-refractivity contribution in [3.63, 3.8) is 0 Å². The van der Waals surface area contributed by atoms with Gasteiger partial charge in [-0.2, -0.15) is 0 Å². The van der Waals surface area contributed by atoms with Gasteiger partial charge in [-0.05, 0) is 54.6 Å². The van der Waals surface area contributed by atoms with E-state index in [2.05, 4.69) is 30.5 Å². The number of thioether (sulfide) groups is 1. The highest BCUT2D eigenvalue weighted by Gasteiger charge is 2.15. The molecule has 3 aromatic rings. The fourth-order valence-electron chi connectivity index (χ4n) is 2.37. The van der Waals surface area contributed by atoms with Gasteiger partial charge < -0.3 is 0 Å². The SMILES string of the molecule is CSc1ccc(-c2cc(C(C)=O)sc2-c2ccc(Cl)cc2)cc1. The average Bonchev–Trinajstić information content (AvgIpc) is 3.01. The van der Waals surface area contributed by atoms with Gasteiger partial charge in [0.2, 0.25) is 0 Å². The highest BCUT2D eigenvalue weighted by atomic mass is 35.5. The summed E-state index contributed by atoms with van der Waals surface area (Å²) in [5.41, 5.74) is 3.29. The lowest BCUT2D eigenvalue weighted by Gasteiger charge is -2.05. The largest absolute Gasteiger partial charge is 0.294 e. The molecule has 1 nitrogen and oxygen atoms in total. The van der Waals surface area contributed by atoms with Crippen LogP contribution in [0.5, 0.6) is 0 Å². The summed E-state index contributed by atoms with van der Waals surface area (Å²) in [7, 11) is 0. The van der Waals surface area contributed by atoms with Crippen molar-refractivity contribution in [2.24, 2.45) is 0 Å². The maximum Gasteiger partial charge on any atom is 0.169 e. The Morgan fingerprint density at radius 1 is 1.00 bits per heavy atom. The Labute approximate surface area is 149 Å². The third kappa shape index (κ3) is 3.52. The molecule has 1 aromatic heterocycles. The molecule has 0 aliphatic carbocycles. The molecule has 0 radical (unpaired) electrons. The molecule has 0 saturated carbocycles. The number of thiophene rings is 1. The zero-order valence-electron chi connectivity index (χ0n) is 12.8. The van der Waals surface area contributed by atoms with Crippen molar-refractivity contribution in [3.8, 4) is 21.6 Å². The smallest absolute Gasteiger partial charge is 0.169 e. The zero-order chi connectivity index (χ0) is 16.4. The lowest BCUT2D eigenvalue weighted by molar-refractivity contribution is 0.102. The lowest BCUT2D eigenvalue weighted by atomic mass is 10.0. The maximum atomic E-state index is 11.8. The second-order valence-electron chi connectivity index (χ2n) is 5.15. The molecule has 0 N–H and O–H groups in total. The first kappa shape index (κ1) is 16.3. The van der Waals surface area contributed by atoms with Crippen LogP contribution in [0.3, 0.4) is 0 Å². The van der Waals surface area contributed by atoms with Crippen molar-refractivity contribution in [2.45, 2.75) is 11.8 Å². The molecule has 0 fully saturated rings. The summed E-state index contributed by atoms with van der Waals surface area (Å²) in [5.74, 6) is 0.0946. The maximum absolute atomic E-state index is 11.8. The summed E-state index contributed by atoms with van der Waals surface area (Å²) in [6, 6.07) is 18.2. The fourth-order valence-corrected chi connectivity index (χ4v) is 3.98. The number of hydrogen-bond acceptors (Lipinski definition) is 3. The van der Waals surface area contributed by atoms with Crippen molar-refractivity contribution < 1.29 is 4.79 Å². The Morgan fingerprint density at radius 2 is 1.61 bits per heavy atom. The number of rotatable bonds is 4. The third-order valence-electron chi connectivity index (χ3n) is 3.59. The Morgan fingerprint density at radius 3 is 2.17 bits per heavy atom. The first-order chi connectivity index (χ1) is 11.1. The molecule has 3 rings (SSSR count). The van der Waals surface area contributed by atoms with E-state index < -0.39 is 0 Å². The van der Waals surface area contributed by atoms with Gasteiger partial charge in [0.05, 0.1) is 4.88 Å². The van der Waals surface area contributed by atoms with E-state index in [9.17, 15) is 4.79 Å². The number of Topliss-reactive ketones (excluding diaryl/α,β-unsaturated/α-hetero) is 1. The molecule has 0 amide bonds. The van der Waals surface area contributed by atoms with Crippen molar-refractivity contribution in [3.05, 3.63) is 64.5 Å². The monoisotopic (exact) mass is 358 g/mol. The number of carbonyl (C=O) groups is 1. The molecular formula is C19H15ClOS2. The number of hydrogen-bond donors (Lipinski definition) is 0. The van der Waals surface area contributed by atoms with Gasteiger partial charge in [-0.25, -0.2) is 0 Å². The molecule has 23 heavy (non-hydrogen) atoms. The predicted octanol–water partition coefficient (Wildman–Crippen LogP) is 6.66. The van der Waals surface area contributed by atoms with Gasteiger partial charge in [0.25, 0.3) is 0 Å². The topological polar surface area (TPSA) is 17.1 Å². The van der Waals surface area contributed by atoms with Gasteiger partial charge in [-0.1, -0.05) is 35.9 Å². The summed E-state index contributed by atoms with van der Waals surface area (Å²) < 4.78 is 0. The van der Waals surface area contributed by atoms with Crippen molar-refractivity contribution in [1.82, 2.24) is 0 Å². The highest BCUT2D eigenvalue weighted by Crippen LogP contribution is 2.40. The van der Waals surface area contributed by atoms with Crippen LogP contribution in [0.2, 0.25) is 5.02 Å². The van der Waals surface area contributed by atoms with E-state index in [-0.39, 0.29) is 5.78 Å². The molecule has 4 heteroatoms. The molecule has 1 heterocycles. The van der Waals surface area contributed by atoms with Crippen LogP contribution in [-0.2, 0) is 0 Å². The first-order valence-electron chi connectivity index (χ1n) is 7.13. The van der Waals surface area contributed by atoms with Crippen molar-refractivity contribution in [1.29, 1.82) is 0 Å². The van der Waals surface area contributed by atoms with Crippen LogP contribution in [0.4, 0.5) is 0 Å². The van der Waals surface area contributed by atoms with Crippen LogP contribution in [0.25, 0.3) is 21.6 Å². The van der Waals surface area contributed by atoms with Crippen molar-refractivity contribution in [2.75, 3.05) is 6.26 Å². The number of halogens is 1. The van der Waals surface area contributed by atoms with Gasteiger partial charge in [-0.15, -0.1) is 23.1 Å². The minimum Gasteiger partial charge on any atom is -0.294 e. The second-order valence-corrected chi connectivity index (χ2v) is 7.51. The minimum atomic E-state index is 0.0946. The third-order valence-corrected chi connectivity index (χ3v) is 5.87. The predicted molar refractivity (Wildman–Crippen MR) is 102 cm³/mol. The lowest BCUT2D eigenvalue weighted by Crippen LogP contribution is -1.84. The standard InChI is InChI=1S/C19H15ClOS2/c1-12(21)18-11-17(13-5-9-16(22-2)10-6-13)19(23-18)14-3-7-15(20)8-4-14/h3-11H,1-2H3. The summed E-state index contributed by atoms with van der Waals surface area (Å²) in [6.07, 6.45) is 2.06. The molecule has 0 aliphatic rings. The van der Waals surface area contributed by atoms with Crippen LogP contribution in [0.15, 0.2) is 59.5 Å². The molecule has 0 spiro atoms. The number of benzene rings is 2. The summed E-state index contributed by atoms with van der Waals surface area (Å²) >= 11 is 9.24. The van der Waals surface area contributed by atoms with Gasteiger partial charge in [-0.3, -0.25) is 4.79 Å². The minimum absolute atomic E-state index is 0.0946. The molecule has 0 unspecified atom stereocenters. The number of carbonyl (C=O) groups excluding carboxylic acids is 1. The van der Waals surface area contributed by atoms with Gasteiger partial charge in [0, 0.05) is 20.4 Å². The summed E-state index contributed by atoms with van der Waals surface area (Å²) in [6.45, 7) is 1.61. The molecule has 0 aliphatic heterocycles. The summed E-state index contributed by atoms with van der Waals surface area (Å²) in [4.78, 5) is 14.9. The Balaban J connectivity index is 2.13. The molecule has 2 aromatic carbocycles. The molecule has 116 valence electrons.